The number of aryl methyl sites for hydroxylation is 2. The van der Waals surface area contributed by atoms with Crippen molar-refractivity contribution in [2.24, 2.45) is 0 Å². The molecule has 3 amide bonds. The van der Waals surface area contributed by atoms with E-state index in [1.165, 1.54) is 21.7 Å². The highest BCUT2D eigenvalue weighted by Gasteiger charge is 2.48. The number of nitrogens with zero attached hydrogens (tertiary/aromatic N) is 3. The second-order valence-electron chi connectivity index (χ2n) is 9.00. The van der Waals surface area contributed by atoms with Gasteiger partial charge < -0.3 is 19.8 Å². The Morgan fingerprint density at radius 2 is 1.91 bits per heavy atom. The third-order valence-electron chi connectivity index (χ3n) is 6.82. The van der Waals surface area contributed by atoms with Crippen LogP contribution in [-0.4, -0.2) is 52.4 Å². The number of fused-ring (bicyclic) bond motifs is 4. The Kier molecular flexibility index (Phi) is 4.85. The third-order valence-corrected chi connectivity index (χ3v) is 6.82. The molecular formula is C24H26N6O4. The van der Waals surface area contributed by atoms with E-state index in [0.717, 1.165) is 6.42 Å². The Labute approximate surface area is 197 Å². The minimum Gasteiger partial charge on any atom is -0.454 e. The Bertz CT molecular complexity index is 1200. The van der Waals surface area contributed by atoms with Crippen LogP contribution >= 0.6 is 0 Å². The molecule has 10 nitrogen and oxygen atoms in total. The van der Waals surface area contributed by atoms with Crippen LogP contribution in [0.4, 0.5) is 10.5 Å². The van der Waals surface area contributed by atoms with E-state index in [1.807, 2.05) is 6.20 Å². The molecule has 4 aliphatic rings. The standard InChI is InChI=1S/C24H26N6O4/c1-14-3-4-16(9-15(14)2)18-11-19-23-27-30(24(32)28(23)7-8-29(19)26-18)12-22(31)25-17-5-6-20-21(10-17)34-13-33-20/h3-10,18-19,23,26-27H,11-13H2,1-2H3,(H,25,31). The highest BCUT2D eigenvalue weighted by atomic mass is 16.7. The smallest absolute Gasteiger partial charge is 0.340 e. The maximum Gasteiger partial charge on any atom is 0.340 e. The lowest BCUT2D eigenvalue weighted by Gasteiger charge is -2.34. The highest BCUT2D eigenvalue weighted by Crippen LogP contribution is 2.36. The summed E-state index contributed by atoms with van der Waals surface area (Å²) in [6.45, 7) is 4.28. The van der Waals surface area contributed by atoms with Crippen molar-refractivity contribution in [3.8, 4) is 11.5 Å². The van der Waals surface area contributed by atoms with Crippen molar-refractivity contribution >= 4 is 17.6 Å². The van der Waals surface area contributed by atoms with Crippen LogP contribution in [0.1, 0.15) is 29.2 Å². The molecule has 6 rings (SSSR count). The molecule has 4 heterocycles. The first-order chi connectivity index (χ1) is 16.5. The van der Waals surface area contributed by atoms with Gasteiger partial charge in [-0.25, -0.2) is 20.7 Å². The predicted octanol–water partition coefficient (Wildman–Crippen LogP) is 2.34. The quantitative estimate of drug-likeness (QED) is 0.642. The summed E-state index contributed by atoms with van der Waals surface area (Å²) in [5.74, 6) is 0.924. The van der Waals surface area contributed by atoms with E-state index in [9.17, 15) is 9.59 Å². The summed E-state index contributed by atoms with van der Waals surface area (Å²) in [4.78, 5) is 27.3. The van der Waals surface area contributed by atoms with Crippen molar-refractivity contribution in [1.29, 1.82) is 0 Å². The molecule has 3 unspecified atom stereocenters. The molecule has 10 heteroatoms. The van der Waals surface area contributed by atoms with Crippen LogP contribution < -0.4 is 25.6 Å². The van der Waals surface area contributed by atoms with Crippen LogP contribution in [0.15, 0.2) is 48.8 Å². The molecule has 0 spiro atoms. The summed E-state index contributed by atoms with van der Waals surface area (Å²) in [5.41, 5.74) is 11.1. The molecular weight excluding hydrogens is 436 g/mol. The average molecular weight is 463 g/mol. The topological polar surface area (TPSA) is 98.4 Å². The first-order valence-electron chi connectivity index (χ1n) is 11.3. The number of anilines is 1. The van der Waals surface area contributed by atoms with Gasteiger partial charge in [0, 0.05) is 24.2 Å². The van der Waals surface area contributed by atoms with Gasteiger partial charge in [0.15, 0.2) is 11.5 Å². The van der Waals surface area contributed by atoms with E-state index in [1.54, 1.807) is 29.3 Å². The van der Waals surface area contributed by atoms with Gasteiger partial charge in [-0.05, 0) is 49.1 Å². The molecule has 0 bridgehead atoms. The molecule has 2 aromatic carbocycles. The van der Waals surface area contributed by atoms with Crippen LogP contribution in [-0.2, 0) is 4.79 Å². The summed E-state index contributed by atoms with van der Waals surface area (Å²) in [5, 5.41) is 6.24. The minimum atomic E-state index is -0.307. The number of hydrogen-bond acceptors (Lipinski definition) is 7. The number of amides is 3. The lowest BCUT2D eigenvalue weighted by Crippen LogP contribution is -2.54. The van der Waals surface area contributed by atoms with E-state index < -0.39 is 0 Å². The van der Waals surface area contributed by atoms with Crippen molar-refractivity contribution < 1.29 is 19.1 Å². The van der Waals surface area contributed by atoms with Gasteiger partial charge in [-0.3, -0.25) is 9.69 Å². The van der Waals surface area contributed by atoms with Gasteiger partial charge >= 0.3 is 6.03 Å². The van der Waals surface area contributed by atoms with Crippen LogP contribution in [0.3, 0.4) is 0 Å². The molecule has 0 aliphatic carbocycles. The third kappa shape index (κ3) is 3.51. The van der Waals surface area contributed by atoms with E-state index in [2.05, 4.69) is 53.2 Å². The van der Waals surface area contributed by atoms with Gasteiger partial charge in [0.2, 0.25) is 12.7 Å². The second-order valence-corrected chi connectivity index (χ2v) is 9.00. The van der Waals surface area contributed by atoms with Crippen LogP contribution in [0, 0.1) is 13.8 Å². The number of carbonyl (C=O) groups is 2. The Hall–Kier alpha value is -3.76. The summed E-state index contributed by atoms with van der Waals surface area (Å²) >= 11 is 0. The number of hydrogen-bond donors (Lipinski definition) is 3. The van der Waals surface area contributed by atoms with Gasteiger partial charge in [0.1, 0.15) is 12.7 Å². The van der Waals surface area contributed by atoms with E-state index in [0.29, 0.717) is 17.2 Å². The monoisotopic (exact) mass is 462 g/mol. The lowest BCUT2D eigenvalue weighted by molar-refractivity contribution is -0.117. The fourth-order valence-corrected chi connectivity index (χ4v) is 4.85. The maximum absolute atomic E-state index is 13.0. The first kappa shape index (κ1) is 20.8. The number of hydrazine groups is 2. The largest absolute Gasteiger partial charge is 0.454 e. The highest BCUT2D eigenvalue weighted by molar-refractivity contribution is 5.95. The fourth-order valence-electron chi connectivity index (χ4n) is 4.85. The van der Waals surface area contributed by atoms with Crippen molar-refractivity contribution in [2.75, 3.05) is 18.7 Å². The van der Waals surface area contributed by atoms with Gasteiger partial charge in [-0.2, -0.15) is 0 Å². The predicted molar refractivity (Wildman–Crippen MR) is 123 cm³/mol. The van der Waals surface area contributed by atoms with Gasteiger partial charge in [-0.1, -0.05) is 18.2 Å². The maximum atomic E-state index is 13.0. The second kappa shape index (κ2) is 7.93. The molecule has 176 valence electrons. The van der Waals surface area contributed by atoms with Crippen LogP contribution in [0.5, 0.6) is 11.5 Å². The number of benzene rings is 2. The van der Waals surface area contributed by atoms with E-state index >= 15 is 0 Å². The molecule has 0 radical (unpaired) electrons. The van der Waals surface area contributed by atoms with Crippen LogP contribution in [0.25, 0.3) is 0 Å². The fraction of sp³-hybridized carbons (Fsp3) is 0.333. The summed E-state index contributed by atoms with van der Waals surface area (Å²) < 4.78 is 10.6. The zero-order valence-electron chi connectivity index (χ0n) is 18.9. The molecule has 3 N–H and O–H groups in total. The van der Waals surface area contributed by atoms with Crippen LogP contribution in [0.2, 0.25) is 0 Å². The Balaban J connectivity index is 1.12. The van der Waals surface area contributed by atoms with Crippen molar-refractivity contribution in [3.63, 3.8) is 0 Å². The summed E-state index contributed by atoms with van der Waals surface area (Å²) in [6.07, 6.45) is 4.20. The Morgan fingerprint density at radius 1 is 1.06 bits per heavy atom. The average Bonchev–Trinajstić information content (AvgIpc) is 3.53. The molecule has 2 aromatic rings. The molecule has 34 heavy (non-hydrogen) atoms. The summed E-state index contributed by atoms with van der Waals surface area (Å²) in [6, 6.07) is 11.6. The van der Waals surface area contributed by atoms with E-state index in [-0.39, 0.29) is 43.5 Å². The number of nitrogens with one attached hydrogen (secondary N) is 3. The van der Waals surface area contributed by atoms with Gasteiger partial charge in [0.05, 0.1) is 12.1 Å². The normalized spacial score (nSPS) is 24.5. The number of ether oxygens (including phenoxy) is 2. The molecule has 0 aromatic heterocycles. The molecule has 3 atom stereocenters. The van der Waals surface area contributed by atoms with E-state index in [4.69, 9.17) is 9.47 Å². The summed E-state index contributed by atoms with van der Waals surface area (Å²) in [7, 11) is 0. The zero-order chi connectivity index (χ0) is 23.4. The Morgan fingerprint density at radius 3 is 2.76 bits per heavy atom. The SMILES string of the molecule is Cc1ccc(C2CC3C4NN(CC(=O)Nc5ccc6c(c5)OCO6)C(=O)N4C=CN3N2)cc1C. The number of carbonyl (C=O) groups excluding carboxylic acids is 2. The first-order valence-corrected chi connectivity index (χ1v) is 11.3. The number of urea groups is 1. The van der Waals surface area contributed by atoms with Crippen molar-refractivity contribution in [2.45, 2.75) is 38.5 Å². The molecule has 0 saturated carbocycles. The molecule has 2 fully saturated rings. The zero-order valence-corrected chi connectivity index (χ0v) is 18.9. The van der Waals surface area contributed by atoms with Crippen molar-refractivity contribution in [3.05, 3.63) is 65.5 Å². The lowest BCUT2D eigenvalue weighted by atomic mass is 9.97. The van der Waals surface area contributed by atoms with Gasteiger partial charge in [-0.15, -0.1) is 0 Å². The number of rotatable bonds is 4. The molecule has 4 aliphatic heterocycles. The molecule has 2 saturated heterocycles. The van der Waals surface area contributed by atoms with Crippen molar-refractivity contribution in [1.82, 2.24) is 25.8 Å². The minimum absolute atomic E-state index is 0.0301. The van der Waals surface area contributed by atoms with Gasteiger partial charge in [0.25, 0.3) is 0 Å².